The van der Waals surface area contributed by atoms with Crippen molar-refractivity contribution in [2.24, 2.45) is 5.92 Å². The zero-order valence-corrected chi connectivity index (χ0v) is 17.8. The quantitative estimate of drug-likeness (QED) is 0.716. The summed E-state index contributed by atoms with van der Waals surface area (Å²) in [5.41, 5.74) is 3.49. The molecule has 1 amide bonds. The lowest BCUT2D eigenvalue weighted by Crippen LogP contribution is -2.37. The van der Waals surface area contributed by atoms with Gasteiger partial charge in [0.25, 0.3) is 0 Å². The van der Waals surface area contributed by atoms with Crippen molar-refractivity contribution < 1.29 is 4.79 Å². The molecule has 0 bridgehead atoms. The fraction of sp³-hybridized carbons (Fsp3) is 0.435. The Bertz CT molecular complexity index is 776. The summed E-state index contributed by atoms with van der Waals surface area (Å²) in [5.74, 6) is 0.275. The summed E-state index contributed by atoms with van der Waals surface area (Å²) < 4.78 is 1.11. The largest absolute Gasteiger partial charge is 0.372 e. The molecule has 2 aromatic rings. The minimum absolute atomic E-state index is 0.111. The molecule has 2 aliphatic rings. The van der Waals surface area contributed by atoms with E-state index in [1.54, 1.807) is 0 Å². The molecule has 1 N–H and O–H groups in total. The first-order chi connectivity index (χ1) is 13.7. The molecule has 0 aromatic heterocycles. The molecule has 0 atom stereocenters. The molecule has 0 unspecified atom stereocenters. The molecule has 2 saturated heterocycles. The summed E-state index contributed by atoms with van der Waals surface area (Å²) in [7, 11) is 0. The molecular formula is C23H28BrN3O. The molecule has 4 rings (SSSR count). The molecule has 5 heteroatoms. The highest BCUT2D eigenvalue weighted by atomic mass is 79.9. The minimum atomic E-state index is 0.111. The molecule has 2 heterocycles. The fourth-order valence-electron chi connectivity index (χ4n) is 4.18. The van der Waals surface area contributed by atoms with Gasteiger partial charge in [0, 0.05) is 41.4 Å². The van der Waals surface area contributed by atoms with Crippen LogP contribution < -0.4 is 10.2 Å². The third-order valence-corrected chi connectivity index (χ3v) is 6.41. The predicted molar refractivity (Wildman–Crippen MR) is 119 cm³/mol. The van der Waals surface area contributed by atoms with E-state index in [4.69, 9.17) is 0 Å². The van der Waals surface area contributed by atoms with E-state index >= 15 is 0 Å². The predicted octanol–water partition coefficient (Wildman–Crippen LogP) is 4.90. The number of likely N-dealkylation sites (tertiary alicyclic amines) is 1. The number of halogens is 1. The van der Waals surface area contributed by atoms with E-state index in [9.17, 15) is 4.79 Å². The Balaban J connectivity index is 1.25. The summed E-state index contributed by atoms with van der Waals surface area (Å²) in [5, 5.41) is 3.12. The van der Waals surface area contributed by atoms with Crippen molar-refractivity contribution in [3.05, 3.63) is 58.6 Å². The third kappa shape index (κ3) is 4.95. The van der Waals surface area contributed by atoms with E-state index in [1.807, 2.05) is 12.1 Å². The van der Waals surface area contributed by atoms with Crippen LogP contribution in [0.5, 0.6) is 0 Å². The average Bonchev–Trinajstić information content (AvgIpc) is 3.26. The summed E-state index contributed by atoms with van der Waals surface area (Å²) in [6.45, 7) is 5.19. The lowest BCUT2D eigenvalue weighted by atomic mass is 9.95. The van der Waals surface area contributed by atoms with E-state index in [1.165, 1.54) is 24.1 Å². The van der Waals surface area contributed by atoms with Gasteiger partial charge < -0.3 is 10.2 Å². The summed E-state index contributed by atoms with van der Waals surface area (Å²) in [4.78, 5) is 17.5. The highest BCUT2D eigenvalue weighted by Gasteiger charge is 2.25. The molecule has 0 saturated carbocycles. The molecule has 2 fully saturated rings. The molecule has 0 radical (unpaired) electrons. The van der Waals surface area contributed by atoms with Crippen LogP contribution in [0.15, 0.2) is 53.0 Å². The zero-order chi connectivity index (χ0) is 19.3. The van der Waals surface area contributed by atoms with Crippen LogP contribution in [0.25, 0.3) is 0 Å². The number of hydrogen-bond acceptors (Lipinski definition) is 3. The van der Waals surface area contributed by atoms with Crippen molar-refractivity contribution in [3.63, 3.8) is 0 Å². The first-order valence-corrected chi connectivity index (χ1v) is 11.1. The van der Waals surface area contributed by atoms with Crippen LogP contribution in [0, 0.1) is 5.92 Å². The Morgan fingerprint density at radius 2 is 1.57 bits per heavy atom. The molecular weight excluding hydrogens is 414 g/mol. The second kappa shape index (κ2) is 9.10. The topological polar surface area (TPSA) is 35.6 Å². The summed E-state index contributed by atoms with van der Waals surface area (Å²) >= 11 is 3.48. The van der Waals surface area contributed by atoms with E-state index in [0.717, 1.165) is 55.7 Å². The highest BCUT2D eigenvalue weighted by molar-refractivity contribution is 9.10. The lowest BCUT2D eigenvalue weighted by molar-refractivity contribution is -0.121. The normalized spacial score (nSPS) is 18.4. The van der Waals surface area contributed by atoms with Crippen LogP contribution in [0.1, 0.15) is 31.2 Å². The maximum atomic E-state index is 12.7. The minimum Gasteiger partial charge on any atom is -0.372 e. The van der Waals surface area contributed by atoms with Crippen LogP contribution in [0.4, 0.5) is 11.4 Å². The number of nitrogens with one attached hydrogen (secondary N) is 1. The highest BCUT2D eigenvalue weighted by Crippen LogP contribution is 2.24. The van der Waals surface area contributed by atoms with Gasteiger partial charge >= 0.3 is 0 Å². The Morgan fingerprint density at radius 3 is 2.21 bits per heavy atom. The molecule has 4 nitrogen and oxygen atoms in total. The first-order valence-electron chi connectivity index (χ1n) is 10.3. The first kappa shape index (κ1) is 19.5. The van der Waals surface area contributed by atoms with Gasteiger partial charge in [0.2, 0.25) is 5.91 Å². The van der Waals surface area contributed by atoms with Crippen molar-refractivity contribution in [2.45, 2.75) is 32.2 Å². The maximum absolute atomic E-state index is 12.7. The third-order valence-electron chi connectivity index (χ3n) is 5.88. The van der Waals surface area contributed by atoms with Crippen molar-refractivity contribution in [1.82, 2.24) is 4.90 Å². The van der Waals surface area contributed by atoms with Gasteiger partial charge in [-0.2, -0.15) is 0 Å². The van der Waals surface area contributed by atoms with Crippen molar-refractivity contribution in [2.75, 3.05) is 36.4 Å². The van der Waals surface area contributed by atoms with Gasteiger partial charge in [0.1, 0.15) is 0 Å². The lowest BCUT2D eigenvalue weighted by Gasteiger charge is -2.31. The van der Waals surface area contributed by atoms with Crippen LogP contribution in [-0.2, 0) is 11.3 Å². The number of benzene rings is 2. The number of anilines is 2. The Hall–Kier alpha value is -1.85. The van der Waals surface area contributed by atoms with E-state index in [-0.39, 0.29) is 11.8 Å². The van der Waals surface area contributed by atoms with Gasteiger partial charge in [-0.25, -0.2) is 0 Å². The van der Waals surface area contributed by atoms with Gasteiger partial charge in [-0.15, -0.1) is 0 Å². The summed E-state index contributed by atoms with van der Waals surface area (Å²) in [6.07, 6.45) is 4.40. The molecule has 2 aliphatic heterocycles. The van der Waals surface area contributed by atoms with Gasteiger partial charge in [-0.1, -0.05) is 28.1 Å². The van der Waals surface area contributed by atoms with Crippen LogP contribution in [0.2, 0.25) is 0 Å². The van der Waals surface area contributed by atoms with Gasteiger partial charge in [0.15, 0.2) is 0 Å². The standard InChI is InChI=1S/C23H28BrN3O/c24-20-5-3-18(4-6-20)17-26-15-11-19(12-16-26)23(28)25-21-7-9-22(10-8-21)27-13-1-2-14-27/h3-10,19H,1-2,11-17H2,(H,25,28). The van der Waals surface area contributed by atoms with Gasteiger partial charge in [0.05, 0.1) is 0 Å². The molecule has 28 heavy (non-hydrogen) atoms. The Morgan fingerprint density at radius 1 is 0.929 bits per heavy atom. The van der Waals surface area contributed by atoms with Gasteiger partial charge in [-0.05, 0) is 80.7 Å². The zero-order valence-electron chi connectivity index (χ0n) is 16.2. The number of carbonyl (C=O) groups excluding carboxylic acids is 1. The smallest absolute Gasteiger partial charge is 0.227 e. The fourth-order valence-corrected chi connectivity index (χ4v) is 4.44. The number of hydrogen-bond donors (Lipinski definition) is 1. The SMILES string of the molecule is O=C(Nc1ccc(N2CCCC2)cc1)C1CCN(Cc2ccc(Br)cc2)CC1. The van der Waals surface area contributed by atoms with Crippen LogP contribution in [-0.4, -0.2) is 37.0 Å². The van der Waals surface area contributed by atoms with E-state index in [2.05, 4.69) is 67.4 Å². The molecule has 2 aromatic carbocycles. The number of nitrogens with zero attached hydrogens (tertiary/aromatic N) is 2. The maximum Gasteiger partial charge on any atom is 0.227 e. The second-order valence-electron chi connectivity index (χ2n) is 7.91. The Labute approximate surface area is 176 Å². The number of rotatable bonds is 5. The molecule has 148 valence electrons. The van der Waals surface area contributed by atoms with Crippen molar-refractivity contribution in [3.8, 4) is 0 Å². The van der Waals surface area contributed by atoms with Crippen LogP contribution >= 0.6 is 15.9 Å². The second-order valence-corrected chi connectivity index (χ2v) is 8.82. The van der Waals surface area contributed by atoms with E-state index in [0.29, 0.717) is 0 Å². The molecule has 0 aliphatic carbocycles. The average molecular weight is 442 g/mol. The number of carbonyl (C=O) groups is 1. The van der Waals surface area contributed by atoms with Gasteiger partial charge in [-0.3, -0.25) is 9.69 Å². The summed E-state index contributed by atoms with van der Waals surface area (Å²) in [6, 6.07) is 16.8. The van der Waals surface area contributed by atoms with Crippen molar-refractivity contribution >= 4 is 33.2 Å². The van der Waals surface area contributed by atoms with Crippen molar-refractivity contribution in [1.29, 1.82) is 0 Å². The van der Waals surface area contributed by atoms with E-state index < -0.39 is 0 Å². The molecule has 0 spiro atoms. The van der Waals surface area contributed by atoms with Crippen LogP contribution in [0.3, 0.4) is 0 Å². The number of amides is 1. The number of piperidine rings is 1. The Kier molecular flexibility index (Phi) is 6.33. The monoisotopic (exact) mass is 441 g/mol.